The minimum atomic E-state index is -0.591. The van der Waals surface area contributed by atoms with Crippen molar-refractivity contribution in [3.8, 4) is 16.9 Å². The van der Waals surface area contributed by atoms with Gasteiger partial charge in [0.25, 0.3) is 5.91 Å². The van der Waals surface area contributed by atoms with E-state index in [4.69, 9.17) is 4.74 Å². The van der Waals surface area contributed by atoms with Gasteiger partial charge in [0.05, 0.1) is 0 Å². The second-order valence-electron chi connectivity index (χ2n) is 5.73. The summed E-state index contributed by atoms with van der Waals surface area (Å²) in [6.45, 7) is 4.08. The van der Waals surface area contributed by atoms with Gasteiger partial charge < -0.3 is 15.4 Å². The summed E-state index contributed by atoms with van der Waals surface area (Å²) in [5.41, 5.74) is 1.94. The highest BCUT2D eigenvalue weighted by Gasteiger charge is 2.15. The van der Waals surface area contributed by atoms with E-state index in [1.807, 2.05) is 61.5 Å². The number of hydrogen-bond donors (Lipinski definition) is 2. The van der Waals surface area contributed by atoms with Crippen molar-refractivity contribution in [2.75, 3.05) is 13.2 Å². The topological polar surface area (TPSA) is 67.4 Å². The van der Waals surface area contributed by atoms with Gasteiger partial charge in [0, 0.05) is 12.1 Å². The van der Waals surface area contributed by atoms with Crippen molar-refractivity contribution in [3.05, 3.63) is 54.6 Å². The summed E-state index contributed by atoms with van der Waals surface area (Å²) in [5.74, 6) is 0.105. The molecule has 132 valence electrons. The summed E-state index contributed by atoms with van der Waals surface area (Å²) < 4.78 is 5.67. The van der Waals surface area contributed by atoms with Crippen LogP contribution < -0.4 is 15.4 Å². The monoisotopic (exact) mass is 340 g/mol. The van der Waals surface area contributed by atoms with Crippen LogP contribution in [0.1, 0.15) is 20.3 Å². The molecular weight excluding hydrogens is 316 g/mol. The van der Waals surface area contributed by atoms with Gasteiger partial charge in [-0.25, -0.2) is 0 Å². The lowest BCUT2D eigenvalue weighted by Crippen LogP contribution is -2.46. The maximum atomic E-state index is 12.0. The van der Waals surface area contributed by atoms with E-state index in [1.165, 1.54) is 0 Å². The fourth-order valence-corrected chi connectivity index (χ4v) is 2.34. The lowest BCUT2D eigenvalue weighted by Gasteiger charge is -2.15. The molecule has 0 saturated carbocycles. The molecule has 0 spiro atoms. The molecular formula is C20H24N2O3. The number of carbonyl (C=O) groups excluding carboxylic acids is 2. The minimum absolute atomic E-state index is 0.144. The van der Waals surface area contributed by atoms with Crippen molar-refractivity contribution in [3.63, 3.8) is 0 Å². The zero-order valence-electron chi connectivity index (χ0n) is 14.6. The zero-order valence-corrected chi connectivity index (χ0v) is 14.6. The summed E-state index contributed by atoms with van der Waals surface area (Å²) in [7, 11) is 0. The molecule has 2 aromatic rings. The standard InChI is InChI=1S/C20H24N2O3/c1-3-13-21-20(24)15(2)22-19(23)14-25-18-12-8-7-11-17(18)16-9-5-4-6-10-16/h4-12,15H,3,13-14H2,1-2H3,(H,21,24)(H,22,23). The Hall–Kier alpha value is -2.82. The summed E-state index contributed by atoms with van der Waals surface area (Å²) >= 11 is 0. The van der Waals surface area contributed by atoms with Gasteiger partial charge in [-0.3, -0.25) is 9.59 Å². The summed E-state index contributed by atoms with van der Waals surface area (Å²) in [4.78, 5) is 23.8. The normalized spacial score (nSPS) is 11.4. The number of rotatable bonds is 8. The molecule has 1 unspecified atom stereocenters. The highest BCUT2D eigenvalue weighted by Crippen LogP contribution is 2.29. The molecule has 25 heavy (non-hydrogen) atoms. The van der Waals surface area contributed by atoms with Gasteiger partial charge in [-0.15, -0.1) is 0 Å². The Morgan fingerprint density at radius 2 is 1.72 bits per heavy atom. The van der Waals surface area contributed by atoms with Gasteiger partial charge in [0.1, 0.15) is 11.8 Å². The van der Waals surface area contributed by atoms with Crippen LogP contribution in [0.5, 0.6) is 5.75 Å². The maximum absolute atomic E-state index is 12.0. The number of benzene rings is 2. The van der Waals surface area contributed by atoms with Crippen LogP contribution in [0.15, 0.2) is 54.6 Å². The van der Waals surface area contributed by atoms with Gasteiger partial charge in [-0.05, 0) is 25.0 Å². The van der Waals surface area contributed by atoms with Crippen molar-refractivity contribution >= 4 is 11.8 Å². The molecule has 2 amide bonds. The van der Waals surface area contributed by atoms with Crippen molar-refractivity contribution in [1.29, 1.82) is 0 Å². The average molecular weight is 340 g/mol. The maximum Gasteiger partial charge on any atom is 0.258 e. The molecule has 2 rings (SSSR count). The minimum Gasteiger partial charge on any atom is -0.483 e. The molecule has 0 saturated heterocycles. The largest absolute Gasteiger partial charge is 0.483 e. The molecule has 0 radical (unpaired) electrons. The third kappa shape index (κ3) is 5.64. The van der Waals surface area contributed by atoms with Crippen LogP contribution >= 0.6 is 0 Å². The molecule has 5 nitrogen and oxygen atoms in total. The lowest BCUT2D eigenvalue weighted by molar-refractivity contribution is -0.129. The predicted octanol–water partition coefficient (Wildman–Crippen LogP) is 2.76. The highest BCUT2D eigenvalue weighted by molar-refractivity contribution is 5.87. The summed E-state index contributed by atoms with van der Waals surface area (Å²) in [5, 5.41) is 5.39. The number of hydrogen-bond acceptors (Lipinski definition) is 3. The molecule has 0 aliphatic rings. The first kappa shape index (κ1) is 18.5. The van der Waals surface area contributed by atoms with Gasteiger partial charge >= 0.3 is 0 Å². The van der Waals surface area contributed by atoms with Crippen LogP contribution in [0.2, 0.25) is 0 Å². The van der Waals surface area contributed by atoms with E-state index in [-0.39, 0.29) is 18.4 Å². The second kappa shape index (κ2) is 9.47. The molecule has 0 aromatic heterocycles. The van der Waals surface area contributed by atoms with Gasteiger partial charge in [-0.1, -0.05) is 55.5 Å². The smallest absolute Gasteiger partial charge is 0.258 e. The first-order valence-electron chi connectivity index (χ1n) is 8.46. The van der Waals surface area contributed by atoms with Crippen LogP contribution in [0, 0.1) is 0 Å². The number of ether oxygens (including phenoxy) is 1. The van der Waals surface area contributed by atoms with Crippen molar-refractivity contribution in [2.24, 2.45) is 0 Å². The second-order valence-corrected chi connectivity index (χ2v) is 5.73. The molecule has 5 heteroatoms. The molecule has 2 aromatic carbocycles. The third-order valence-electron chi connectivity index (χ3n) is 3.65. The Bertz CT molecular complexity index is 701. The Morgan fingerprint density at radius 3 is 2.44 bits per heavy atom. The predicted molar refractivity (Wildman–Crippen MR) is 98.3 cm³/mol. The van der Waals surface area contributed by atoms with E-state index in [0.717, 1.165) is 17.5 Å². The van der Waals surface area contributed by atoms with E-state index >= 15 is 0 Å². The molecule has 2 N–H and O–H groups in total. The summed E-state index contributed by atoms with van der Waals surface area (Å²) in [6.07, 6.45) is 0.853. The van der Waals surface area contributed by atoms with Crippen molar-refractivity contribution in [2.45, 2.75) is 26.3 Å². The first-order valence-corrected chi connectivity index (χ1v) is 8.46. The van der Waals surface area contributed by atoms with Crippen molar-refractivity contribution in [1.82, 2.24) is 10.6 Å². The van der Waals surface area contributed by atoms with E-state index in [9.17, 15) is 9.59 Å². The van der Waals surface area contributed by atoms with E-state index in [1.54, 1.807) is 6.92 Å². The fraction of sp³-hybridized carbons (Fsp3) is 0.300. The van der Waals surface area contributed by atoms with Gasteiger partial charge in [-0.2, -0.15) is 0 Å². The number of para-hydroxylation sites is 1. The van der Waals surface area contributed by atoms with Gasteiger partial charge in [0.2, 0.25) is 5.91 Å². The fourth-order valence-electron chi connectivity index (χ4n) is 2.34. The number of carbonyl (C=O) groups is 2. The Kier molecular flexibility index (Phi) is 7.01. The van der Waals surface area contributed by atoms with Crippen LogP contribution in [-0.2, 0) is 9.59 Å². The quantitative estimate of drug-likeness (QED) is 0.776. The summed E-state index contributed by atoms with van der Waals surface area (Å²) in [6, 6.07) is 16.8. The number of amides is 2. The van der Waals surface area contributed by atoms with E-state index < -0.39 is 6.04 Å². The average Bonchev–Trinajstić information content (AvgIpc) is 2.65. The highest BCUT2D eigenvalue weighted by atomic mass is 16.5. The van der Waals surface area contributed by atoms with E-state index in [2.05, 4.69) is 10.6 Å². The van der Waals surface area contributed by atoms with Crippen LogP contribution in [0.3, 0.4) is 0 Å². The molecule has 0 aliphatic carbocycles. The molecule has 0 fully saturated rings. The number of nitrogens with one attached hydrogen (secondary N) is 2. The molecule has 1 atom stereocenters. The first-order chi connectivity index (χ1) is 12.1. The Morgan fingerprint density at radius 1 is 1.04 bits per heavy atom. The SMILES string of the molecule is CCCNC(=O)C(C)NC(=O)COc1ccccc1-c1ccccc1. The Balaban J connectivity index is 1.93. The van der Waals surface area contributed by atoms with Crippen LogP contribution in [0.4, 0.5) is 0 Å². The van der Waals surface area contributed by atoms with Crippen molar-refractivity contribution < 1.29 is 14.3 Å². The van der Waals surface area contributed by atoms with E-state index in [0.29, 0.717) is 12.3 Å². The molecule has 0 aliphatic heterocycles. The Labute approximate surface area is 148 Å². The van der Waals surface area contributed by atoms with Crippen LogP contribution in [-0.4, -0.2) is 31.0 Å². The third-order valence-corrected chi connectivity index (χ3v) is 3.65. The zero-order chi connectivity index (χ0) is 18.1. The lowest BCUT2D eigenvalue weighted by atomic mass is 10.1. The molecule has 0 heterocycles. The van der Waals surface area contributed by atoms with Gasteiger partial charge in [0.15, 0.2) is 6.61 Å². The van der Waals surface area contributed by atoms with Crippen LogP contribution in [0.25, 0.3) is 11.1 Å². The molecule has 0 bridgehead atoms.